The van der Waals surface area contributed by atoms with E-state index in [2.05, 4.69) is 5.32 Å². The molecule has 0 saturated heterocycles. The Morgan fingerprint density at radius 1 is 1.19 bits per heavy atom. The molecular weight excluding hydrogens is 307 g/mol. The molecule has 106 valence electrons. The molecule has 0 bridgehead atoms. The van der Waals surface area contributed by atoms with Gasteiger partial charge in [0.15, 0.2) is 0 Å². The average Bonchev–Trinajstić information content (AvgIpc) is 2.47. The number of nitrogens with one attached hydrogen (secondary N) is 1. The lowest BCUT2D eigenvalue weighted by Gasteiger charge is -2.16. The van der Waals surface area contributed by atoms with E-state index in [0.717, 1.165) is 5.56 Å². The molecule has 2 aromatic rings. The van der Waals surface area contributed by atoms with Crippen LogP contribution in [-0.2, 0) is 0 Å². The van der Waals surface area contributed by atoms with Crippen molar-refractivity contribution in [2.24, 2.45) is 0 Å². The fourth-order valence-electron chi connectivity index (χ4n) is 1.91. The second kappa shape index (κ2) is 6.62. The monoisotopic (exact) mass is 318 g/mol. The highest BCUT2D eigenvalue weighted by molar-refractivity contribution is 6.35. The van der Waals surface area contributed by atoms with E-state index in [0.29, 0.717) is 21.2 Å². The van der Waals surface area contributed by atoms with Crippen LogP contribution in [0, 0.1) is 11.3 Å². The molecule has 0 fully saturated rings. The summed E-state index contributed by atoms with van der Waals surface area (Å²) >= 11 is 12.0. The molecule has 0 aliphatic heterocycles. The zero-order valence-electron chi connectivity index (χ0n) is 11.2. The van der Waals surface area contributed by atoms with E-state index in [-0.39, 0.29) is 11.9 Å². The highest BCUT2D eigenvalue weighted by Crippen LogP contribution is 2.26. The maximum Gasteiger partial charge on any atom is 0.251 e. The van der Waals surface area contributed by atoms with Gasteiger partial charge in [0.1, 0.15) is 0 Å². The third-order valence-corrected chi connectivity index (χ3v) is 3.62. The molecule has 1 atom stereocenters. The normalized spacial score (nSPS) is 11.5. The van der Waals surface area contributed by atoms with Crippen LogP contribution < -0.4 is 5.32 Å². The van der Waals surface area contributed by atoms with Gasteiger partial charge in [-0.05, 0) is 48.9 Å². The molecule has 0 aliphatic carbocycles. The van der Waals surface area contributed by atoms with Gasteiger partial charge < -0.3 is 5.32 Å². The van der Waals surface area contributed by atoms with E-state index in [1.165, 1.54) is 0 Å². The van der Waals surface area contributed by atoms with Crippen LogP contribution in [0.3, 0.4) is 0 Å². The minimum atomic E-state index is -0.252. The molecule has 0 unspecified atom stereocenters. The summed E-state index contributed by atoms with van der Waals surface area (Å²) in [5, 5.41) is 12.7. The molecule has 3 nitrogen and oxygen atoms in total. The second-order valence-corrected chi connectivity index (χ2v) is 5.39. The Kier molecular flexibility index (Phi) is 4.85. The first-order valence-corrected chi connectivity index (χ1v) is 7.03. The van der Waals surface area contributed by atoms with Crippen molar-refractivity contribution in [3.63, 3.8) is 0 Å². The van der Waals surface area contributed by atoms with Crippen LogP contribution in [0.1, 0.15) is 34.5 Å². The lowest BCUT2D eigenvalue weighted by atomic mass is 10.1. The van der Waals surface area contributed by atoms with Crippen molar-refractivity contribution in [2.75, 3.05) is 0 Å². The van der Waals surface area contributed by atoms with Crippen molar-refractivity contribution in [3.05, 3.63) is 69.2 Å². The first kappa shape index (κ1) is 15.4. The molecule has 2 rings (SSSR count). The number of rotatable bonds is 3. The van der Waals surface area contributed by atoms with Gasteiger partial charge in [0.2, 0.25) is 0 Å². The van der Waals surface area contributed by atoms with E-state index < -0.39 is 0 Å². The molecule has 0 saturated carbocycles. The molecule has 0 spiro atoms. The van der Waals surface area contributed by atoms with Gasteiger partial charge >= 0.3 is 0 Å². The van der Waals surface area contributed by atoms with Crippen LogP contribution in [0.4, 0.5) is 0 Å². The summed E-state index contributed by atoms with van der Waals surface area (Å²) in [6, 6.07) is 13.4. The summed E-state index contributed by atoms with van der Waals surface area (Å²) in [7, 11) is 0. The first-order chi connectivity index (χ1) is 10.0. The number of carbonyl (C=O) groups excluding carboxylic acids is 1. The standard InChI is InChI=1S/C16H12Cl2N2O/c1-10(14-7-6-13(17)8-15(14)18)20-16(21)12-4-2-11(9-19)3-5-12/h2-8,10H,1H3,(H,20,21)/t10-/m0/s1. The molecular formula is C16H12Cl2N2O. The molecule has 1 amide bonds. The maximum absolute atomic E-state index is 12.1. The maximum atomic E-state index is 12.1. The number of hydrogen-bond donors (Lipinski definition) is 1. The van der Waals surface area contributed by atoms with Gasteiger partial charge in [-0.15, -0.1) is 0 Å². The lowest BCUT2D eigenvalue weighted by Crippen LogP contribution is -2.26. The molecule has 0 radical (unpaired) electrons. The van der Waals surface area contributed by atoms with E-state index >= 15 is 0 Å². The Morgan fingerprint density at radius 2 is 1.86 bits per heavy atom. The smallest absolute Gasteiger partial charge is 0.251 e. The Morgan fingerprint density at radius 3 is 2.43 bits per heavy atom. The van der Waals surface area contributed by atoms with Crippen molar-refractivity contribution in [2.45, 2.75) is 13.0 Å². The summed E-state index contributed by atoms with van der Waals surface area (Å²) in [5.74, 6) is -0.224. The zero-order valence-corrected chi connectivity index (χ0v) is 12.7. The molecule has 1 N–H and O–H groups in total. The van der Waals surface area contributed by atoms with E-state index in [9.17, 15) is 4.79 Å². The molecule has 0 aliphatic rings. The van der Waals surface area contributed by atoms with Gasteiger partial charge in [0.05, 0.1) is 17.7 Å². The van der Waals surface area contributed by atoms with Gasteiger partial charge in [-0.25, -0.2) is 0 Å². The van der Waals surface area contributed by atoms with Gasteiger partial charge in [-0.3, -0.25) is 4.79 Å². The number of benzene rings is 2. The largest absolute Gasteiger partial charge is 0.345 e. The number of amides is 1. The van der Waals surface area contributed by atoms with Crippen molar-refractivity contribution in [3.8, 4) is 6.07 Å². The van der Waals surface area contributed by atoms with Gasteiger partial charge in [-0.2, -0.15) is 5.26 Å². The number of nitrogens with zero attached hydrogens (tertiary/aromatic N) is 1. The molecule has 5 heteroatoms. The summed E-state index contributed by atoms with van der Waals surface area (Å²) < 4.78 is 0. The fraction of sp³-hybridized carbons (Fsp3) is 0.125. The molecule has 2 aromatic carbocycles. The summed E-state index contributed by atoms with van der Waals surface area (Å²) in [4.78, 5) is 12.1. The highest BCUT2D eigenvalue weighted by Gasteiger charge is 2.14. The average molecular weight is 319 g/mol. The van der Waals surface area contributed by atoms with Crippen LogP contribution in [-0.4, -0.2) is 5.91 Å². The number of hydrogen-bond acceptors (Lipinski definition) is 2. The molecule has 21 heavy (non-hydrogen) atoms. The Balaban J connectivity index is 2.13. The van der Waals surface area contributed by atoms with Crippen molar-refractivity contribution < 1.29 is 4.79 Å². The summed E-state index contributed by atoms with van der Waals surface area (Å²) in [6.45, 7) is 1.84. The SMILES string of the molecule is C[C@H](NC(=O)c1ccc(C#N)cc1)c1ccc(Cl)cc1Cl. The number of nitriles is 1. The van der Waals surface area contributed by atoms with Gasteiger partial charge in [-0.1, -0.05) is 29.3 Å². The summed E-state index contributed by atoms with van der Waals surface area (Å²) in [6.07, 6.45) is 0. The van der Waals surface area contributed by atoms with E-state index in [4.69, 9.17) is 28.5 Å². The van der Waals surface area contributed by atoms with Crippen LogP contribution in [0.2, 0.25) is 10.0 Å². The Labute approximate surface area is 133 Å². The zero-order chi connectivity index (χ0) is 15.4. The van der Waals surface area contributed by atoms with Crippen LogP contribution >= 0.6 is 23.2 Å². The van der Waals surface area contributed by atoms with E-state index in [1.807, 2.05) is 13.0 Å². The van der Waals surface area contributed by atoms with Crippen molar-refractivity contribution in [1.29, 1.82) is 5.26 Å². The second-order valence-electron chi connectivity index (χ2n) is 4.55. The molecule has 0 heterocycles. The van der Waals surface area contributed by atoms with Gasteiger partial charge in [0, 0.05) is 15.6 Å². The predicted octanol–water partition coefficient (Wildman–Crippen LogP) is 4.36. The molecule has 0 aromatic heterocycles. The fourth-order valence-corrected chi connectivity index (χ4v) is 2.48. The minimum absolute atomic E-state index is 0.224. The highest BCUT2D eigenvalue weighted by atomic mass is 35.5. The third kappa shape index (κ3) is 3.75. The van der Waals surface area contributed by atoms with E-state index in [1.54, 1.807) is 42.5 Å². The Hall–Kier alpha value is -2.02. The quantitative estimate of drug-likeness (QED) is 0.914. The number of carbonyl (C=O) groups is 1. The van der Waals surface area contributed by atoms with Gasteiger partial charge in [0.25, 0.3) is 5.91 Å². The topological polar surface area (TPSA) is 52.9 Å². The van der Waals surface area contributed by atoms with Crippen LogP contribution in [0.5, 0.6) is 0 Å². The first-order valence-electron chi connectivity index (χ1n) is 6.27. The predicted molar refractivity (Wildman–Crippen MR) is 83.5 cm³/mol. The van der Waals surface area contributed by atoms with Crippen LogP contribution in [0.15, 0.2) is 42.5 Å². The minimum Gasteiger partial charge on any atom is -0.345 e. The van der Waals surface area contributed by atoms with Crippen molar-refractivity contribution in [1.82, 2.24) is 5.32 Å². The summed E-state index contributed by atoms with van der Waals surface area (Å²) in [5.41, 5.74) is 1.80. The Bertz CT molecular complexity index is 705. The van der Waals surface area contributed by atoms with Crippen molar-refractivity contribution >= 4 is 29.1 Å². The number of halogens is 2. The lowest BCUT2D eigenvalue weighted by molar-refractivity contribution is 0.0940. The van der Waals surface area contributed by atoms with Crippen LogP contribution in [0.25, 0.3) is 0 Å². The third-order valence-electron chi connectivity index (χ3n) is 3.05.